The number of rotatable bonds is 4. The number of carbonyl (C=O) groups excluding carboxylic acids is 1. The minimum absolute atomic E-state index is 0.555. The van der Waals surface area contributed by atoms with Gasteiger partial charge in [-0.25, -0.2) is 0 Å². The van der Waals surface area contributed by atoms with Gasteiger partial charge in [0.15, 0.2) is 10.6 Å². The molecule has 5 heteroatoms. The van der Waals surface area contributed by atoms with Crippen molar-refractivity contribution < 1.29 is 9.90 Å². The summed E-state index contributed by atoms with van der Waals surface area (Å²) in [5.74, 6) is -0.601. The molecule has 0 aromatic heterocycles. The molecule has 0 amide bonds. The van der Waals surface area contributed by atoms with Crippen molar-refractivity contribution in [3.63, 3.8) is 0 Å². The van der Waals surface area contributed by atoms with E-state index in [9.17, 15) is 9.90 Å². The van der Waals surface area contributed by atoms with Crippen molar-refractivity contribution in [2.75, 3.05) is 0 Å². The summed E-state index contributed by atoms with van der Waals surface area (Å²) < 4.78 is 0. The van der Waals surface area contributed by atoms with Crippen molar-refractivity contribution in [1.29, 1.82) is 0 Å². The Kier molecular flexibility index (Phi) is 4.87. The summed E-state index contributed by atoms with van der Waals surface area (Å²) in [5, 5.41) is 8.61. The Labute approximate surface area is 103 Å². The molecule has 0 aliphatic carbocycles. The van der Waals surface area contributed by atoms with E-state index in [2.05, 4.69) is 0 Å². The van der Waals surface area contributed by atoms with Crippen molar-refractivity contribution in [3.05, 3.63) is 35.9 Å². The van der Waals surface area contributed by atoms with Gasteiger partial charge >= 0.3 is 0 Å². The number of aliphatic hydroxyl groups is 1. The molecule has 0 fully saturated rings. The van der Waals surface area contributed by atoms with E-state index >= 15 is 0 Å². The zero-order valence-corrected chi connectivity index (χ0v) is 9.88. The molecule has 0 radical (unpaired) electrons. The second-order valence-corrected chi connectivity index (χ2v) is 4.53. The van der Waals surface area contributed by atoms with Crippen molar-refractivity contribution in [2.24, 2.45) is 0 Å². The average Bonchev–Trinajstić information content (AvgIpc) is 2.27. The van der Waals surface area contributed by atoms with Crippen LogP contribution in [0.1, 0.15) is 11.7 Å². The molecule has 1 aromatic rings. The first-order valence-electron chi connectivity index (χ1n) is 4.23. The van der Waals surface area contributed by atoms with Gasteiger partial charge in [0, 0.05) is 0 Å². The minimum Gasteiger partial charge on any atom is -0.386 e. The number of benzene rings is 1. The van der Waals surface area contributed by atoms with Crippen LogP contribution < -0.4 is 0 Å². The highest BCUT2D eigenvalue weighted by Crippen LogP contribution is 2.24. The summed E-state index contributed by atoms with van der Waals surface area (Å²) >= 11 is 16.5. The van der Waals surface area contributed by atoms with Crippen LogP contribution in [0.3, 0.4) is 0 Å². The summed E-state index contributed by atoms with van der Waals surface area (Å²) in [6.07, 6.45) is -1.10. The molecule has 0 saturated carbocycles. The van der Waals surface area contributed by atoms with E-state index in [1.54, 1.807) is 30.3 Å². The van der Waals surface area contributed by atoms with E-state index in [1.807, 2.05) is 0 Å². The maximum Gasteiger partial charge on any atom is 0.186 e. The van der Waals surface area contributed by atoms with Gasteiger partial charge in [0.1, 0.15) is 11.5 Å². The van der Waals surface area contributed by atoms with Crippen molar-refractivity contribution in [2.45, 2.75) is 16.3 Å². The second-order valence-electron chi connectivity index (χ2n) is 2.96. The summed E-state index contributed by atoms with van der Waals surface area (Å²) in [7, 11) is 0. The Hall–Kier alpha value is -0.280. The van der Waals surface area contributed by atoms with Crippen molar-refractivity contribution in [1.82, 2.24) is 0 Å². The molecule has 0 bridgehead atoms. The number of ketones is 1. The van der Waals surface area contributed by atoms with Crippen molar-refractivity contribution in [3.8, 4) is 0 Å². The Morgan fingerprint density at radius 3 is 2.13 bits per heavy atom. The lowest BCUT2D eigenvalue weighted by molar-refractivity contribution is -0.118. The molecule has 0 aliphatic rings. The fraction of sp³-hybridized carbons (Fsp3) is 0.300. The highest BCUT2D eigenvalue weighted by Gasteiger charge is 2.29. The molecule has 0 spiro atoms. The lowest BCUT2D eigenvalue weighted by Crippen LogP contribution is -2.27. The molecule has 1 rings (SSSR count). The van der Waals surface area contributed by atoms with Crippen LogP contribution in [-0.4, -0.2) is 21.1 Å². The fourth-order valence-corrected chi connectivity index (χ4v) is 1.77. The number of alkyl halides is 3. The van der Waals surface area contributed by atoms with Crippen LogP contribution in [0.5, 0.6) is 0 Å². The molecule has 1 aromatic carbocycles. The van der Waals surface area contributed by atoms with Gasteiger partial charge in [-0.1, -0.05) is 53.5 Å². The SMILES string of the molecule is O=C(C(Cl)Cl)C(Cl)C(O)c1ccccc1. The third-order valence-electron chi connectivity index (χ3n) is 1.91. The van der Waals surface area contributed by atoms with Crippen LogP contribution in [0.2, 0.25) is 0 Å². The van der Waals surface area contributed by atoms with Gasteiger partial charge < -0.3 is 5.11 Å². The molecular formula is C10H9Cl3O2. The Balaban J connectivity index is 2.77. The maximum absolute atomic E-state index is 11.3. The first-order chi connectivity index (χ1) is 7.04. The van der Waals surface area contributed by atoms with Crippen LogP contribution in [-0.2, 0) is 4.79 Å². The van der Waals surface area contributed by atoms with Gasteiger partial charge in [0.05, 0.1) is 0 Å². The largest absolute Gasteiger partial charge is 0.386 e. The van der Waals surface area contributed by atoms with E-state index in [4.69, 9.17) is 34.8 Å². The molecule has 82 valence electrons. The summed E-state index contributed by atoms with van der Waals surface area (Å²) in [5.41, 5.74) is 0.555. The number of hydrogen-bond donors (Lipinski definition) is 1. The molecule has 0 aliphatic heterocycles. The Morgan fingerprint density at radius 1 is 1.13 bits per heavy atom. The predicted octanol–water partition coefficient (Wildman–Crippen LogP) is 2.70. The fourth-order valence-electron chi connectivity index (χ4n) is 1.10. The molecule has 2 unspecified atom stereocenters. The van der Waals surface area contributed by atoms with E-state index in [0.29, 0.717) is 5.56 Å². The molecule has 1 N–H and O–H groups in total. The van der Waals surface area contributed by atoms with Gasteiger partial charge in [0.25, 0.3) is 0 Å². The zero-order valence-electron chi connectivity index (χ0n) is 7.61. The van der Waals surface area contributed by atoms with E-state index < -0.39 is 22.1 Å². The lowest BCUT2D eigenvalue weighted by atomic mass is 10.0. The zero-order chi connectivity index (χ0) is 11.4. The molecule has 0 saturated heterocycles. The van der Waals surface area contributed by atoms with E-state index in [0.717, 1.165) is 0 Å². The summed E-state index contributed by atoms with van der Waals surface area (Å²) in [6, 6.07) is 8.62. The molecule has 0 heterocycles. The van der Waals surface area contributed by atoms with Gasteiger partial charge in [-0.3, -0.25) is 4.79 Å². The highest BCUT2D eigenvalue weighted by molar-refractivity contribution is 6.56. The van der Waals surface area contributed by atoms with Gasteiger partial charge in [-0.2, -0.15) is 0 Å². The normalized spacial score (nSPS) is 15.0. The number of hydrogen-bond acceptors (Lipinski definition) is 2. The number of halogens is 3. The lowest BCUT2D eigenvalue weighted by Gasteiger charge is -2.16. The monoisotopic (exact) mass is 266 g/mol. The molecule has 2 atom stereocenters. The smallest absolute Gasteiger partial charge is 0.186 e. The van der Waals surface area contributed by atoms with Crippen molar-refractivity contribution >= 4 is 40.6 Å². The van der Waals surface area contributed by atoms with Gasteiger partial charge in [-0.05, 0) is 5.56 Å². The minimum atomic E-state index is -1.22. The maximum atomic E-state index is 11.3. The second kappa shape index (κ2) is 5.71. The van der Waals surface area contributed by atoms with Crippen LogP contribution in [0.4, 0.5) is 0 Å². The van der Waals surface area contributed by atoms with E-state index in [-0.39, 0.29) is 0 Å². The topological polar surface area (TPSA) is 37.3 Å². The number of carbonyl (C=O) groups is 1. The number of aliphatic hydroxyl groups excluding tert-OH is 1. The average molecular weight is 268 g/mol. The molecule has 2 nitrogen and oxygen atoms in total. The van der Waals surface area contributed by atoms with Gasteiger partial charge in [0.2, 0.25) is 0 Å². The van der Waals surface area contributed by atoms with Crippen LogP contribution in [0, 0.1) is 0 Å². The molecule has 15 heavy (non-hydrogen) atoms. The highest BCUT2D eigenvalue weighted by atomic mass is 35.5. The third-order valence-corrected chi connectivity index (χ3v) is 2.79. The summed E-state index contributed by atoms with van der Waals surface area (Å²) in [6.45, 7) is 0. The van der Waals surface area contributed by atoms with E-state index in [1.165, 1.54) is 0 Å². The van der Waals surface area contributed by atoms with Crippen LogP contribution in [0.15, 0.2) is 30.3 Å². The number of Topliss-reactive ketones (excluding diaryl/α,β-unsaturated/α-hetero) is 1. The first kappa shape index (κ1) is 12.8. The standard InChI is InChI=1S/C10H9Cl3O2/c11-7(9(15)10(12)13)8(14)6-4-2-1-3-5-6/h1-5,7-8,10,14H. The summed E-state index contributed by atoms with van der Waals surface area (Å²) in [4.78, 5) is 10.1. The van der Waals surface area contributed by atoms with Crippen LogP contribution in [0.25, 0.3) is 0 Å². The molecular weight excluding hydrogens is 258 g/mol. The predicted molar refractivity (Wildman–Crippen MR) is 61.5 cm³/mol. The first-order valence-corrected chi connectivity index (χ1v) is 5.54. The Morgan fingerprint density at radius 2 is 1.67 bits per heavy atom. The Bertz CT molecular complexity index is 327. The third kappa shape index (κ3) is 3.35. The van der Waals surface area contributed by atoms with Gasteiger partial charge in [-0.15, -0.1) is 11.6 Å². The van der Waals surface area contributed by atoms with Crippen LogP contribution >= 0.6 is 34.8 Å². The quantitative estimate of drug-likeness (QED) is 0.852.